The van der Waals surface area contributed by atoms with Gasteiger partial charge in [0, 0.05) is 35.6 Å². The van der Waals surface area contributed by atoms with Gasteiger partial charge in [0.15, 0.2) is 6.10 Å². The highest BCUT2D eigenvalue weighted by atomic mass is 19.1. The highest BCUT2D eigenvalue weighted by molar-refractivity contribution is 5.88. The maximum absolute atomic E-state index is 13.2. The van der Waals surface area contributed by atoms with Gasteiger partial charge < -0.3 is 19.5 Å². The van der Waals surface area contributed by atoms with E-state index in [9.17, 15) is 14.3 Å². The van der Waals surface area contributed by atoms with Crippen LogP contribution in [-0.2, 0) is 16.0 Å². The fraction of sp³-hybridized carbons (Fsp3) is 0.486. The van der Waals surface area contributed by atoms with Crippen molar-refractivity contribution in [1.82, 2.24) is 4.98 Å². The second-order valence-electron chi connectivity index (χ2n) is 13.1. The molecule has 7 heteroatoms. The zero-order valence-corrected chi connectivity index (χ0v) is 26.1. The average molecular weight is 577 g/mol. The van der Waals surface area contributed by atoms with Crippen LogP contribution < -0.4 is 9.64 Å². The van der Waals surface area contributed by atoms with Crippen molar-refractivity contribution < 1.29 is 23.8 Å². The number of halogens is 1. The highest BCUT2D eigenvalue weighted by Crippen LogP contribution is 2.45. The Morgan fingerprint density at radius 3 is 2.21 bits per heavy atom. The molecule has 0 radical (unpaired) electrons. The molecule has 1 aliphatic heterocycles. The van der Waals surface area contributed by atoms with Crippen molar-refractivity contribution in [1.29, 1.82) is 0 Å². The molecule has 1 atom stereocenters. The second kappa shape index (κ2) is 12.8. The minimum Gasteiger partial charge on any atom is -0.494 e. The van der Waals surface area contributed by atoms with E-state index in [1.54, 1.807) is 12.1 Å². The van der Waals surface area contributed by atoms with Crippen molar-refractivity contribution in [2.24, 2.45) is 5.41 Å². The summed E-state index contributed by atoms with van der Waals surface area (Å²) in [5.74, 6) is -0.488. The second-order valence-corrected chi connectivity index (χ2v) is 13.1. The number of nitrogens with zero attached hydrogens (tertiary/aromatic N) is 2. The Kier molecular flexibility index (Phi) is 9.61. The first kappa shape index (κ1) is 31.5. The zero-order chi connectivity index (χ0) is 30.7. The van der Waals surface area contributed by atoms with Gasteiger partial charge in [-0.1, -0.05) is 38.1 Å². The molecule has 0 amide bonds. The highest BCUT2D eigenvalue weighted by Gasteiger charge is 2.36. The summed E-state index contributed by atoms with van der Waals surface area (Å²) in [4.78, 5) is 19.9. The minimum absolute atomic E-state index is 0.228. The average Bonchev–Trinajstić information content (AvgIpc) is 2.91. The molecule has 6 nitrogen and oxygen atoms in total. The lowest BCUT2D eigenvalue weighted by molar-refractivity contribution is -0.160. The number of rotatable bonds is 10. The minimum atomic E-state index is -1.15. The standard InChI is InChI=1S/C35H45FN2O4/c1-23-29(26-12-16-28(17-13-26)41-22-8-9-25-10-14-27(36)15-11-25)31(38-20-18-35(6,7)19-21-38)30(24(2)37-23)32(33(39)40)42-34(3,4)5/h10-17,32H,8-9,18-22H2,1-7H3,(H,39,40)/t32-/m0/s1. The molecule has 3 aromatic rings. The lowest BCUT2D eigenvalue weighted by atomic mass is 9.82. The van der Waals surface area contributed by atoms with Crippen LogP contribution in [0.4, 0.5) is 10.1 Å². The number of pyridine rings is 1. The number of aromatic nitrogens is 1. The van der Waals surface area contributed by atoms with Crippen LogP contribution in [-0.4, -0.2) is 41.4 Å². The van der Waals surface area contributed by atoms with Gasteiger partial charge in [0.1, 0.15) is 11.6 Å². The first-order chi connectivity index (χ1) is 19.7. The maximum atomic E-state index is 13.2. The number of aryl methyl sites for hydroxylation is 3. The molecule has 2 aromatic carbocycles. The van der Waals surface area contributed by atoms with Crippen molar-refractivity contribution in [3.63, 3.8) is 0 Å². The van der Waals surface area contributed by atoms with Gasteiger partial charge in [-0.25, -0.2) is 9.18 Å². The van der Waals surface area contributed by atoms with E-state index in [1.165, 1.54) is 12.1 Å². The molecule has 1 N–H and O–H groups in total. The van der Waals surface area contributed by atoms with Gasteiger partial charge in [-0.2, -0.15) is 0 Å². The number of carboxylic acid groups (broad SMARTS) is 1. The van der Waals surface area contributed by atoms with Crippen LogP contribution in [0.3, 0.4) is 0 Å². The molecule has 4 rings (SSSR count). The van der Waals surface area contributed by atoms with E-state index in [0.29, 0.717) is 17.9 Å². The summed E-state index contributed by atoms with van der Waals surface area (Å²) in [6.45, 7) is 16.3. The Balaban J connectivity index is 1.66. The van der Waals surface area contributed by atoms with Crippen LogP contribution in [0.2, 0.25) is 0 Å². The largest absolute Gasteiger partial charge is 0.494 e. The predicted octanol–water partition coefficient (Wildman–Crippen LogP) is 8.08. The van der Waals surface area contributed by atoms with Crippen LogP contribution in [0.25, 0.3) is 11.1 Å². The van der Waals surface area contributed by atoms with Crippen LogP contribution in [0.15, 0.2) is 48.5 Å². The third-order valence-electron chi connectivity index (χ3n) is 7.90. The summed E-state index contributed by atoms with van der Waals surface area (Å²) in [6.07, 6.45) is 2.50. The summed E-state index contributed by atoms with van der Waals surface area (Å²) >= 11 is 0. The Morgan fingerprint density at radius 2 is 1.64 bits per heavy atom. The van der Waals surface area contributed by atoms with Crippen molar-refractivity contribution in [3.05, 3.63) is 76.9 Å². The van der Waals surface area contributed by atoms with Crippen molar-refractivity contribution >= 4 is 11.7 Å². The Bertz CT molecular complexity index is 1370. The molecular weight excluding hydrogens is 531 g/mol. The van der Waals surface area contributed by atoms with E-state index < -0.39 is 17.7 Å². The SMILES string of the molecule is Cc1nc(C)c([C@H](OC(C)(C)C)C(=O)O)c(N2CCC(C)(C)CC2)c1-c1ccc(OCCCc2ccc(F)cc2)cc1. The number of hydrogen-bond acceptors (Lipinski definition) is 5. The zero-order valence-electron chi connectivity index (χ0n) is 26.1. The lowest BCUT2D eigenvalue weighted by Gasteiger charge is -2.41. The van der Waals surface area contributed by atoms with Crippen molar-refractivity contribution in [2.45, 2.75) is 85.9 Å². The molecule has 0 unspecified atom stereocenters. The molecule has 1 saturated heterocycles. The fourth-order valence-electron chi connectivity index (χ4n) is 5.59. The van der Waals surface area contributed by atoms with Gasteiger partial charge in [-0.15, -0.1) is 0 Å². The summed E-state index contributed by atoms with van der Waals surface area (Å²) in [5, 5.41) is 10.4. The first-order valence-corrected chi connectivity index (χ1v) is 14.9. The third kappa shape index (κ3) is 7.88. The Hall–Kier alpha value is -3.45. The summed E-state index contributed by atoms with van der Waals surface area (Å²) < 4.78 is 25.3. The van der Waals surface area contributed by atoms with Gasteiger partial charge in [0.05, 0.1) is 17.9 Å². The Labute approximate surface area is 249 Å². The normalized spacial score (nSPS) is 15.9. The van der Waals surface area contributed by atoms with Gasteiger partial charge in [0.2, 0.25) is 0 Å². The van der Waals surface area contributed by atoms with E-state index in [4.69, 9.17) is 14.5 Å². The Morgan fingerprint density at radius 1 is 1.02 bits per heavy atom. The fourth-order valence-corrected chi connectivity index (χ4v) is 5.59. The van der Waals surface area contributed by atoms with Crippen LogP contribution in [0.1, 0.15) is 82.5 Å². The first-order valence-electron chi connectivity index (χ1n) is 14.9. The number of benzene rings is 2. The van der Waals surface area contributed by atoms with Crippen molar-refractivity contribution in [3.8, 4) is 16.9 Å². The summed E-state index contributed by atoms with van der Waals surface area (Å²) in [6, 6.07) is 14.5. The van der Waals surface area contributed by atoms with E-state index >= 15 is 0 Å². The molecule has 0 spiro atoms. The monoisotopic (exact) mass is 576 g/mol. The number of aliphatic carboxylic acids is 1. The number of anilines is 1. The predicted molar refractivity (Wildman–Crippen MR) is 166 cm³/mol. The van der Waals surface area contributed by atoms with E-state index in [1.807, 2.05) is 58.9 Å². The summed E-state index contributed by atoms with van der Waals surface area (Å²) in [5.41, 5.74) is 5.60. The smallest absolute Gasteiger partial charge is 0.337 e. The molecule has 1 aliphatic rings. The van der Waals surface area contributed by atoms with Crippen LogP contribution in [0, 0.1) is 25.1 Å². The molecule has 0 aliphatic carbocycles. The lowest BCUT2D eigenvalue weighted by Crippen LogP contribution is -2.39. The molecule has 226 valence electrons. The maximum Gasteiger partial charge on any atom is 0.337 e. The molecule has 42 heavy (non-hydrogen) atoms. The molecule has 1 fully saturated rings. The van der Waals surface area contributed by atoms with Gasteiger partial charge in [-0.05, 0) is 101 Å². The van der Waals surface area contributed by atoms with Gasteiger partial charge >= 0.3 is 5.97 Å². The number of hydrogen-bond donors (Lipinski definition) is 1. The third-order valence-corrected chi connectivity index (χ3v) is 7.90. The van der Waals surface area contributed by atoms with E-state index in [2.05, 4.69) is 18.7 Å². The molecule has 0 bridgehead atoms. The molecule has 0 saturated carbocycles. The van der Waals surface area contributed by atoms with Crippen molar-refractivity contribution in [2.75, 3.05) is 24.6 Å². The topological polar surface area (TPSA) is 71.9 Å². The van der Waals surface area contributed by atoms with Crippen LogP contribution in [0.5, 0.6) is 5.75 Å². The quantitative estimate of drug-likeness (QED) is 0.246. The number of piperidine rings is 1. The molecule has 1 aromatic heterocycles. The summed E-state index contributed by atoms with van der Waals surface area (Å²) in [7, 11) is 0. The number of carbonyl (C=O) groups is 1. The van der Waals surface area contributed by atoms with E-state index in [-0.39, 0.29) is 11.2 Å². The number of carboxylic acids is 1. The number of ether oxygens (including phenoxy) is 2. The van der Waals surface area contributed by atoms with E-state index in [0.717, 1.165) is 72.6 Å². The van der Waals surface area contributed by atoms with Gasteiger partial charge in [-0.3, -0.25) is 4.98 Å². The van der Waals surface area contributed by atoms with Crippen LogP contribution >= 0.6 is 0 Å². The molecule has 2 heterocycles. The van der Waals surface area contributed by atoms with Gasteiger partial charge in [0.25, 0.3) is 0 Å². The molecular formula is C35H45FN2O4.